The third-order valence-corrected chi connectivity index (χ3v) is 6.41. The van der Waals surface area contributed by atoms with Gasteiger partial charge in [-0.05, 0) is 62.4 Å². The first-order valence-corrected chi connectivity index (χ1v) is 12.3. The van der Waals surface area contributed by atoms with Crippen molar-refractivity contribution in [1.29, 1.82) is 0 Å². The Morgan fingerprint density at radius 3 is 2.42 bits per heavy atom. The molecular formula is C26H34N4O2S. The zero-order chi connectivity index (χ0) is 24.2. The van der Waals surface area contributed by atoms with Gasteiger partial charge in [0.15, 0.2) is 17.1 Å². The van der Waals surface area contributed by atoms with E-state index in [2.05, 4.69) is 54.5 Å². The van der Waals surface area contributed by atoms with Gasteiger partial charge in [-0.25, -0.2) is 0 Å². The SMILES string of the molecule is CCn1c(SCC(=O)Nc2ccc(C)cc2C)nnc1C(C)Oc1ccc(C(C)(C)C)cc1. The number of anilines is 1. The molecule has 0 radical (unpaired) electrons. The number of amides is 1. The number of aromatic nitrogens is 3. The molecule has 1 unspecified atom stereocenters. The minimum Gasteiger partial charge on any atom is -0.483 e. The van der Waals surface area contributed by atoms with Crippen LogP contribution in [0, 0.1) is 13.8 Å². The average molecular weight is 467 g/mol. The van der Waals surface area contributed by atoms with E-state index in [0.717, 1.165) is 22.8 Å². The van der Waals surface area contributed by atoms with Crippen LogP contribution in [-0.4, -0.2) is 26.4 Å². The zero-order valence-corrected chi connectivity index (χ0v) is 21.4. The maximum absolute atomic E-state index is 12.5. The normalized spacial score (nSPS) is 12.5. The van der Waals surface area contributed by atoms with E-state index < -0.39 is 0 Å². The van der Waals surface area contributed by atoms with Crippen molar-refractivity contribution in [1.82, 2.24) is 14.8 Å². The second-order valence-corrected chi connectivity index (χ2v) is 10.2. The van der Waals surface area contributed by atoms with Gasteiger partial charge in [0.05, 0.1) is 5.75 Å². The van der Waals surface area contributed by atoms with Crippen LogP contribution in [0.25, 0.3) is 0 Å². The van der Waals surface area contributed by atoms with E-state index in [9.17, 15) is 4.79 Å². The highest BCUT2D eigenvalue weighted by Crippen LogP contribution is 2.28. The molecule has 7 heteroatoms. The summed E-state index contributed by atoms with van der Waals surface area (Å²) < 4.78 is 8.14. The number of carbonyl (C=O) groups excluding carboxylic acids is 1. The summed E-state index contributed by atoms with van der Waals surface area (Å²) in [5, 5.41) is 12.4. The van der Waals surface area contributed by atoms with Crippen molar-refractivity contribution >= 4 is 23.4 Å². The third kappa shape index (κ3) is 6.38. The van der Waals surface area contributed by atoms with Crippen LogP contribution < -0.4 is 10.1 Å². The predicted molar refractivity (Wildman–Crippen MR) is 135 cm³/mol. The fourth-order valence-electron chi connectivity index (χ4n) is 3.57. The summed E-state index contributed by atoms with van der Waals surface area (Å²) in [7, 11) is 0. The minimum atomic E-state index is -0.267. The Morgan fingerprint density at radius 1 is 1.12 bits per heavy atom. The smallest absolute Gasteiger partial charge is 0.234 e. The van der Waals surface area contributed by atoms with Crippen molar-refractivity contribution < 1.29 is 9.53 Å². The maximum atomic E-state index is 12.5. The molecule has 33 heavy (non-hydrogen) atoms. The Balaban J connectivity index is 1.63. The number of rotatable bonds is 8. The number of nitrogens with one attached hydrogen (secondary N) is 1. The van der Waals surface area contributed by atoms with Crippen LogP contribution in [0.3, 0.4) is 0 Å². The summed E-state index contributed by atoms with van der Waals surface area (Å²) in [6.45, 7) is 15.3. The Labute approximate surface area is 201 Å². The lowest BCUT2D eigenvalue weighted by molar-refractivity contribution is -0.113. The molecule has 1 heterocycles. The van der Waals surface area contributed by atoms with E-state index >= 15 is 0 Å². The first-order valence-electron chi connectivity index (χ1n) is 11.3. The van der Waals surface area contributed by atoms with Crippen LogP contribution in [0.15, 0.2) is 47.6 Å². The van der Waals surface area contributed by atoms with Gasteiger partial charge in [-0.3, -0.25) is 4.79 Å². The highest BCUT2D eigenvalue weighted by atomic mass is 32.2. The first kappa shape index (κ1) is 24.8. The Morgan fingerprint density at radius 2 is 1.82 bits per heavy atom. The Kier molecular flexibility index (Phi) is 7.84. The second kappa shape index (κ2) is 10.4. The van der Waals surface area contributed by atoms with Crippen LogP contribution in [0.1, 0.15) is 63.2 Å². The fraction of sp³-hybridized carbons (Fsp3) is 0.423. The molecule has 0 saturated carbocycles. The zero-order valence-electron chi connectivity index (χ0n) is 20.6. The Hall–Kier alpha value is -2.80. The summed E-state index contributed by atoms with van der Waals surface area (Å²) in [6.07, 6.45) is -0.267. The minimum absolute atomic E-state index is 0.0672. The molecule has 3 aromatic rings. The van der Waals surface area contributed by atoms with Crippen molar-refractivity contribution in [2.24, 2.45) is 0 Å². The van der Waals surface area contributed by atoms with E-state index in [1.807, 2.05) is 56.5 Å². The van der Waals surface area contributed by atoms with Crippen LogP contribution in [0.4, 0.5) is 5.69 Å². The number of thioether (sulfide) groups is 1. The molecule has 1 N–H and O–H groups in total. The molecule has 176 valence electrons. The van der Waals surface area contributed by atoms with E-state index in [-0.39, 0.29) is 23.2 Å². The lowest BCUT2D eigenvalue weighted by Crippen LogP contribution is -2.16. The molecule has 0 bridgehead atoms. The first-order chi connectivity index (χ1) is 15.6. The molecule has 0 saturated heterocycles. The summed E-state index contributed by atoms with van der Waals surface area (Å²) in [4.78, 5) is 12.5. The highest BCUT2D eigenvalue weighted by Gasteiger charge is 2.20. The van der Waals surface area contributed by atoms with Gasteiger partial charge in [0.1, 0.15) is 5.75 Å². The van der Waals surface area contributed by atoms with Crippen molar-refractivity contribution in [2.75, 3.05) is 11.1 Å². The standard InChI is InChI=1S/C26H34N4O2S/c1-8-30-24(19(4)32-21-12-10-20(11-13-21)26(5,6)7)28-29-25(30)33-16-23(31)27-22-14-9-17(2)15-18(22)3/h9-15,19H,8,16H2,1-7H3,(H,27,31). The quantitative estimate of drug-likeness (QED) is 0.407. The molecule has 6 nitrogen and oxygen atoms in total. The number of aryl methyl sites for hydroxylation is 2. The van der Waals surface area contributed by atoms with Crippen LogP contribution in [-0.2, 0) is 16.8 Å². The maximum Gasteiger partial charge on any atom is 0.234 e. The molecule has 0 aliphatic heterocycles. The third-order valence-electron chi connectivity index (χ3n) is 5.45. The van der Waals surface area contributed by atoms with Gasteiger partial charge < -0.3 is 14.6 Å². The average Bonchev–Trinajstić information content (AvgIpc) is 3.17. The van der Waals surface area contributed by atoms with Crippen LogP contribution in [0.2, 0.25) is 0 Å². The second-order valence-electron chi connectivity index (χ2n) is 9.27. The fourth-order valence-corrected chi connectivity index (χ4v) is 4.37. The van der Waals surface area contributed by atoms with Gasteiger partial charge in [0, 0.05) is 12.2 Å². The number of nitrogens with zero attached hydrogens (tertiary/aromatic N) is 3. The summed E-state index contributed by atoms with van der Waals surface area (Å²) in [5.41, 5.74) is 4.42. The molecule has 3 rings (SSSR count). The van der Waals surface area contributed by atoms with Gasteiger partial charge in [0.25, 0.3) is 0 Å². The summed E-state index contributed by atoms with van der Waals surface area (Å²) in [5.74, 6) is 1.73. The van der Waals surface area contributed by atoms with Crippen molar-refractivity contribution in [2.45, 2.75) is 71.7 Å². The molecule has 0 aliphatic rings. The molecule has 1 aromatic heterocycles. The predicted octanol–water partition coefficient (Wildman–Crippen LogP) is 6.08. The van der Waals surface area contributed by atoms with E-state index in [1.165, 1.54) is 22.9 Å². The van der Waals surface area contributed by atoms with E-state index in [0.29, 0.717) is 11.7 Å². The van der Waals surface area contributed by atoms with Gasteiger partial charge in [-0.2, -0.15) is 0 Å². The highest BCUT2D eigenvalue weighted by molar-refractivity contribution is 7.99. The molecule has 2 aromatic carbocycles. The Bertz CT molecular complexity index is 1100. The molecule has 0 fully saturated rings. The molecule has 0 aliphatic carbocycles. The largest absolute Gasteiger partial charge is 0.483 e. The number of benzene rings is 2. The van der Waals surface area contributed by atoms with Gasteiger partial charge in [-0.1, -0.05) is 62.4 Å². The van der Waals surface area contributed by atoms with Gasteiger partial charge >= 0.3 is 0 Å². The number of hydrogen-bond acceptors (Lipinski definition) is 5. The molecule has 1 atom stereocenters. The molecule has 1 amide bonds. The van der Waals surface area contributed by atoms with E-state index in [1.54, 1.807) is 0 Å². The topological polar surface area (TPSA) is 69.0 Å². The van der Waals surface area contributed by atoms with Crippen molar-refractivity contribution in [3.8, 4) is 5.75 Å². The lowest BCUT2D eigenvalue weighted by Gasteiger charge is -2.20. The number of hydrogen-bond donors (Lipinski definition) is 1. The summed E-state index contributed by atoms with van der Waals surface area (Å²) >= 11 is 1.38. The van der Waals surface area contributed by atoms with Crippen molar-refractivity contribution in [3.63, 3.8) is 0 Å². The van der Waals surface area contributed by atoms with Crippen LogP contribution >= 0.6 is 11.8 Å². The monoisotopic (exact) mass is 466 g/mol. The van der Waals surface area contributed by atoms with Gasteiger partial charge in [0.2, 0.25) is 5.91 Å². The van der Waals surface area contributed by atoms with Crippen LogP contribution in [0.5, 0.6) is 5.75 Å². The van der Waals surface area contributed by atoms with Gasteiger partial charge in [-0.15, -0.1) is 10.2 Å². The van der Waals surface area contributed by atoms with E-state index in [4.69, 9.17) is 4.74 Å². The number of carbonyl (C=O) groups is 1. The molecular weight excluding hydrogens is 432 g/mol. The number of ether oxygens (including phenoxy) is 1. The molecule has 0 spiro atoms. The summed E-state index contributed by atoms with van der Waals surface area (Å²) in [6, 6.07) is 14.2. The lowest BCUT2D eigenvalue weighted by atomic mass is 9.87. The van der Waals surface area contributed by atoms with Crippen molar-refractivity contribution in [3.05, 3.63) is 65.0 Å².